The summed E-state index contributed by atoms with van der Waals surface area (Å²) < 4.78 is 5.64. The Morgan fingerprint density at radius 1 is 1.11 bits per heavy atom. The van der Waals surface area contributed by atoms with Gasteiger partial charge in [0, 0.05) is 25.3 Å². The molecule has 0 saturated heterocycles. The van der Waals surface area contributed by atoms with Crippen LogP contribution in [0.1, 0.15) is 52.0 Å². The maximum absolute atomic E-state index is 5.64. The van der Waals surface area contributed by atoms with E-state index in [1.54, 1.807) is 0 Å². The Bertz CT molecular complexity index is 329. The van der Waals surface area contributed by atoms with Crippen molar-refractivity contribution in [3.63, 3.8) is 0 Å². The average Bonchev–Trinajstić information content (AvgIpc) is 2.38. The molecule has 0 aliphatic rings. The third kappa shape index (κ3) is 7.34. The summed E-state index contributed by atoms with van der Waals surface area (Å²) in [6, 6.07) is 10.7. The van der Waals surface area contributed by atoms with Crippen LogP contribution in [-0.2, 0) is 4.74 Å². The lowest BCUT2D eigenvalue weighted by Gasteiger charge is -2.25. The first-order valence-corrected chi connectivity index (χ1v) is 7.40. The maximum atomic E-state index is 5.64. The van der Waals surface area contributed by atoms with Crippen molar-refractivity contribution in [1.82, 2.24) is 5.32 Å². The number of nitrogens with one attached hydrogen (secondary N) is 1. The van der Waals surface area contributed by atoms with Gasteiger partial charge in [0.15, 0.2) is 0 Å². The highest BCUT2D eigenvalue weighted by Gasteiger charge is 2.15. The van der Waals surface area contributed by atoms with Gasteiger partial charge >= 0.3 is 0 Å². The summed E-state index contributed by atoms with van der Waals surface area (Å²) in [5, 5.41) is 3.61. The van der Waals surface area contributed by atoms with Gasteiger partial charge < -0.3 is 10.1 Å². The Morgan fingerprint density at radius 2 is 1.79 bits per heavy atom. The highest BCUT2D eigenvalue weighted by molar-refractivity contribution is 5.19. The highest BCUT2D eigenvalue weighted by Crippen LogP contribution is 2.19. The zero-order chi connectivity index (χ0) is 14.1. The first-order chi connectivity index (χ1) is 9.03. The first kappa shape index (κ1) is 16.2. The molecule has 0 amide bonds. The molecule has 2 heteroatoms. The molecular weight excluding hydrogens is 234 g/mol. The monoisotopic (exact) mass is 263 g/mol. The van der Waals surface area contributed by atoms with E-state index in [2.05, 4.69) is 63.3 Å². The van der Waals surface area contributed by atoms with Crippen LogP contribution in [0.15, 0.2) is 30.3 Å². The Kier molecular flexibility index (Phi) is 7.11. The maximum Gasteiger partial charge on any atom is 0.0472 e. The molecule has 0 saturated carbocycles. The SMILES string of the molecule is CCCOCCC(CNC(C)(C)C)c1ccccc1. The van der Waals surface area contributed by atoms with Crippen LogP contribution in [0.3, 0.4) is 0 Å². The van der Waals surface area contributed by atoms with E-state index in [1.807, 2.05) is 0 Å². The quantitative estimate of drug-likeness (QED) is 0.716. The Labute approximate surface area is 118 Å². The predicted octanol–water partition coefficient (Wildman–Crippen LogP) is 3.98. The molecule has 0 bridgehead atoms. The number of benzene rings is 1. The molecule has 0 spiro atoms. The predicted molar refractivity (Wildman–Crippen MR) is 82.7 cm³/mol. The fraction of sp³-hybridized carbons (Fsp3) is 0.647. The van der Waals surface area contributed by atoms with E-state index in [0.717, 1.165) is 32.6 Å². The summed E-state index contributed by atoms with van der Waals surface area (Å²) in [5.41, 5.74) is 1.57. The van der Waals surface area contributed by atoms with E-state index in [9.17, 15) is 0 Å². The van der Waals surface area contributed by atoms with Crippen molar-refractivity contribution in [2.45, 2.75) is 52.0 Å². The Balaban J connectivity index is 2.53. The number of ether oxygens (including phenoxy) is 1. The normalized spacial score (nSPS) is 13.5. The molecule has 2 nitrogen and oxygen atoms in total. The second kappa shape index (κ2) is 8.34. The van der Waals surface area contributed by atoms with Crippen LogP contribution in [0.25, 0.3) is 0 Å². The van der Waals surface area contributed by atoms with Crippen molar-refractivity contribution < 1.29 is 4.74 Å². The Morgan fingerprint density at radius 3 is 2.37 bits per heavy atom. The fourth-order valence-electron chi connectivity index (χ4n) is 2.01. The molecule has 1 atom stereocenters. The molecule has 1 N–H and O–H groups in total. The number of rotatable bonds is 8. The molecule has 1 unspecified atom stereocenters. The van der Waals surface area contributed by atoms with E-state index in [1.165, 1.54) is 5.56 Å². The second-order valence-electron chi connectivity index (χ2n) is 6.14. The number of hydrogen-bond donors (Lipinski definition) is 1. The molecule has 1 aromatic carbocycles. The summed E-state index contributed by atoms with van der Waals surface area (Å²) in [6.45, 7) is 11.5. The average molecular weight is 263 g/mol. The van der Waals surface area contributed by atoms with Gasteiger partial charge in [0.1, 0.15) is 0 Å². The van der Waals surface area contributed by atoms with Crippen molar-refractivity contribution in [2.75, 3.05) is 19.8 Å². The lowest BCUT2D eigenvalue weighted by molar-refractivity contribution is 0.126. The largest absolute Gasteiger partial charge is 0.381 e. The summed E-state index contributed by atoms with van der Waals surface area (Å²) in [6.07, 6.45) is 2.17. The summed E-state index contributed by atoms with van der Waals surface area (Å²) in [7, 11) is 0. The van der Waals surface area contributed by atoms with Gasteiger partial charge in [-0.25, -0.2) is 0 Å². The lowest BCUT2D eigenvalue weighted by atomic mass is 9.95. The minimum atomic E-state index is 0.164. The van der Waals surface area contributed by atoms with Gasteiger partial charge in [-0.1, -0.05) is 37.3 Å². The van der Waals surface area contributed by atoms with Gasteiger partial charge in [0.25, 0.3) is 0 Å². The van der Waals surface area contributed by atoms with E-state index < -0.39 is 0 Å². The molecule has 0 aliphatic heterocycles. The van der Waals surface area contributed by atoms with Gasteiger partial charge in [-0.05, 0) is 45.1 Å². The molecule has 0 heterocycles. The molecule has 108 valence electrons. The molecule has 1 rings (SSSR count). The minimum absolute atomic E-state index is 0.164. The van der Waals surface area contributed by atoms with Crippen molar-refractivity contribution in [1.29, 1.82) is 0 Å². The third-order valence-electron chi connectivity index (χ3n) is 3.11. The van der Waals surface area contributed by atoms with E-state index >= 15 is 0 Å². The lowest BCUT2D eigenvalue weighted by Crippen LogP contribution is -2.38. The smallest absolute Gasteiger partial charge is 0.0472 e. The molecule has 0 aliphatic carbocycles. The third-order valence-corrected chi connectivity index (χ3v) is 3.11. The van der Waals surface area contributed by atoms with E-state index in [0.29, 0.717) is 5.92 Å². The van der Waals surface area contributed by atoms with Crippen LogP contribution in [0.2, 0.25) is 0 Å². The first-order valence-electron chi connectivity index (χ1n) is 7.40. The van der Waals surface area contributed by atoms with Crippen LogP contribution in [-0.4, -0.2) is 25.3 Å². The van der Waals surface area contributed by atoms with Crippen LogP contribution >= 0.6 is 0 Å². The van der Waals surface area contributed by atoms with Crippen LogP contribution in [0, 0.1) is 0 Å². The van der Waals surface area contributed by atoms with E-state index in [-0.39, 0.29) is 5.54 Å². The molecule has 0 aromatic heterocycles. The standard InChI is InChI=1S/C17H29NO/c1-5-12-19-13-11-16(14-18-17(2,3)4)15-9-7-6-8-10-15/h6-10,16,18H,5,11-14H2,1-4H3. The van der Waals surface area contributed by atoms with Gasteiger partial charge in [-0.15, -0.1) is 0 Å². The van der Waals surface area contributed by atoms with Gasteiger partial charge in [-0.2, -0.15) is 0 Å². The van der Waals surface area contributed by atoms with E-state index in [4.69, 9.17) is 4.74 Å². The topological polar surface area (TPSA) is 21.3 Å². The molecule has 1 aromatic rings. The van der Waals surface area contributed by atoms with Crippen LogP contribution < -0.4 is 5.32 Å². The van der Waals surface area contributed by atoms with Crippen LogP contribution in [0.5, 0.6) is 0 Å². The zero-order valence-electron chi connectivity index (χ0n) is 12.9. The highest BCUT2D eigenvalue weighted by atomic mass is 16.5. The molecule has 19 heavy (non-hydrogen) atoms. The van der Waals surface area contributed by atoms with Crippen molar-refractivity contribution in [2.24, 2.45) is 0 Å². The summed E-state index contributed by atoms with van der Waals surface area (Å²) in [4.78, 5) is 0. The summed E-state index contributed by atoms with van der Waals surface area (Å²) in [5.74, 6) is 0.525. The summed E-state index contributed by atoms with van der Waals surface area (Å²) >= 11 is 0. The van der Waals surface area contributed by atoms with Gasteiger partial charge in [-0.3, -0.25) is 0 Å². The fourth-order valence-corrected chi connectivity index (χ4v) is 2.01. The number of hydrogen-bond acceptors (Lipinski definition) is 2. The van der Waals surface area contributed by atoms with Gasteiger partial charge in [0.2, 0.25) is 0 Å². The molecule has 0 radical (unpaired) electrons. The van der Waals surface area contributed by atoms with Crippen molar-refractivity contribution in [3.8, 4) is 0 Å². The second-order valence-corrected chi connectivity index (χ2v) is 6.14. The van der Waals surface area contributed by atoms with Crippen LogP contribution in [0.4, 0.5) is 0 Å². The molecular formula is C17H29NO. The Hall–Kier alpha value is -0.860. The minimum Gasteiger partial charge on any atom is -0.381 e. The van der Waals surface area contributed by atoms with Crippen molar-refractivity contribution in [3.05, 3.63) is 35.9 Å². The van der Waals surface area contributed by atoms with Crippen molar-refractivity contribution >= 4 is 0 Å². The molecule has 0 fully saturated rings. The van der Waals surface area contributed by atoms with Gasteiger partial charge in [0.05, 0.1) is 0 Å². The zero-order valence-corrected chi connectivity index (χ0v) is 12.9.